The summed E-state index contributed by atoms with van der Waals surface area (Å²) in [4.78, 5) is 2.61. The van der Waals surface area contributed by atoms with Crippen LogP contribution < -0.4 is 5.32 Å². The molecule has 0 amide bonds. The SMILES string of the molecule is CCN1CCCC(CNC)C1c1ccc(Cl)cc1C. The van der Waals surface area contributed by atoms with Crippen LogP contribution in [0.15, 0.2) is 18.2 Å². The fourth-order valence-electron chi connectivity index (χ4n) is 3.40. The molecule has 106 valence electrons. The van der Waals surface area contributed by atoms with E-state index in [4.69, 9.17) is 11.6 Å². The Balaban J connectivity index is 2.33. The third-order valence-electron chi connectivity index (χ3n) is 4.28. The van der Waals surface area contributed by atoms with E-state index in [1.807, 2.05) is 6.07 Å². The molecule has 1 aliphatic heterocycles. The minimum Gasteiger partial charge on any atom is -0.319 e. The number of likely N-dealkylation sites (tertiary alicyclic amines) is 1. The second-order valence-corrected chi connectivity index (χ2v) is 5.97. The second kappa shape index (κ2) is 6.74. The summed E-state index contributed by atoms with van der Waals surface area (Å²) in [6.45, 7) is 7.86. The predicted octanol–water partition coefficient (Wildman–Crippen LogP) is 3.64. The monoisotopic (exact) mass is 280 g/mol. The zero-order valence-electron chi connectivity index (χ0n) is 12.2. The van der Waals surface area contributed by atoms with Gasteiger partial charge in [-0.3, -0.25) is 4.90 Å². The van der Waals surface area contributed by atoms with Gasteiger partial charge in [-0.2, -0.15) is 0 Å². The van der Waals surface area contributed by atoms with Gasteiger partial charge in [0.15, 0.2) is 0 Å². The van der Waals surface area contributed by atoms with Crippen LogP contribution in [-0.4, -0.2) is 31.6 Å². The van der Waals surface area contributed by atoms with Gasteiger partial charge in [-0.1, -0.05) is 24.6 Å². The van der Waals surface area contributed by atoms with Crippen LogP contribution in [0.5, 0.6) is 0 Å². The summed E-state index contributed by atoms with van der Waals surface area (Å²) in [6.07, 6.45) is 2.62. The van der Waals surface area contributed by atoms with Gasteiger partial charge in [0.05, 0.1) is 0 Å². The van der Waals surface area contributed by atoms with Gasteiger partial charge in [-0.25, -0.2) is 0 Å². The number of aryl methyl sites for hydroxylation is 1. The van der Waals surface area contributed by atoms with Crippen LogP contribution in [0.1, 0.15) is 36.9 Å². The lowest BCUT2D eigenvalue weighted by Gasteiger charge is -2.42. The maximum atomic E-state index is 6.10. The molecule has 0 aromatic heterocycles. The number of nitrogens with one attached hydrogen (secondary N) is 1. The fraction of sp³-hybridized carbons (Fsp3) is 0.625. The lowest BCUT2D eigenvalue weighted by Crippen LogP contribution is -2.42. The van der Waals surface area contributed by atoms with Crippen molar-refractivity contribution in [1.29, 1.82) is 0 Å². The summed E-state index contributed by atoms with van der Waals surface area (Å²) in [5.41, 5.74) is 2.77. The van der Waals surface area contributed by atoms with Crippen LogP contribution in [0.25, 0.3) is 0 Å². The van der Waals surface area contributed by atoms with E-state index in [0.717, 1.165) is 18.1 Å². The molecule has 19 heavy (non-hydrogen) atoms. The van der Waals surface area contributed by atoms with Crippen LogP contribution in [0.3, 0.4) is 0 Å². The highest BCUT2D eigenvalue weighted by atomic mass is 35.5. The summed E-state index contributed by atoms with van der Waals surface area (Å²) in [5.74, 6) is 0.693. The van der Waals surface area contributed by atoms with Crippen molar-refractivity contribution in [1.82, 2.24) is 10.2 Å². The van der Waals surface area contributed by atoms with Crippen molar-refractivity contribution in [3.05, 3.63) is 34.3 Å². The third-order valence-corrected chi connectivity index (χ3v) is 4.52. The number of piperidine rings is 1. The summed E-state index contributed by atoms with van der Waals surface area (Å²) < 4.78 is 0. The molecule has 2 atom stereocenters. The number of hydrogen-bond acceptors (Lipinski definition) is 2. The standard InChI is InChI=1S/C16H25ClN2/c1-4-19-9-5-6-13(11-18-3)16(19)15-8-7-14(17)10-12(15)2/h7-8,10,13,16,18H,4-6,9,11H2,1-3H3. The van der Waals surface area contributed by atoms with E-state index >= 15 is 0 Å². The minimum absolute atomic E-state index is 0.531. The molecule has 1 N–H and O–H groups in total. The van der Waals surface area contributed by atoms with E-state index in [9.17, 15) is 0 Å². The number of rotatable bonds is 4. The molecule has 0 spiro atoms. The van der Waals surface area contributed by atoms with Crippen LogP contribution in [0.4, 0.5) is 0 Å². The van der Waals surface area contributed by atoms with E-state index in [1.165, 1.54) is 30.5 Å². The van der Waals surface area contributed by atoms with Gasteiger partial charge in [-0.05, 0) is 75.6 Å². The Morgan fingerprint density at radius 1 is 1.42 bits per heavy atom. The van der Waals surface area contributed by atoms with Crippen molar-refractivity contribution in [3.63, 3.8) is 0 Å². The summed E-state index contributed by atoms with van der Waals surface area (Å²) in [6, 6.07) is 6.88. The molecule has 1 aromatic carbocycles. The predicted molar refractivity (Wildman–Crippen MR) is 82.8 cm³/mol. The fourth-order valence-corrected chi connectivity index (χ4v) is 3.63. The van der Waals surface area contributed by atoms with Crippen molar-refractivity contribution in [2.45, 2.75) is 32.7 Å². The highest BCUT2D eigenvalue weighted by molar-refractivity contribution is 6.30. The summed E-state index contributed by atoms with van der Waals surface area (Å²) in [7, 11) is 2.05. The Kier molecular flexibility index (Phi) is 5.26. The van der Waals surface area contributed by atoms with Gasteiger partial charge >= 0.3 is 0 Å². The van der Waals surface area contributed by atoms with Gasteiger partial charge in [-0.15, -0.1) is 0 Å². The molecular weight excluding hydrogens is 256 g/mol. The van der Waals surface area contributed by atoms with E-state index in [1.54, 1.807) is 0 Å². The molecule has 2 nitrogen and oxygen atoms in total. The number of nitrogens with zero attached hydrogens (tertiary/aromatic N) is 1. The zero-order valence-corrected chi connectivity index (χ0v) is 13.0. The molecule has 0 radical (unpaired) electrons. The first-order valence-electron chi connectivity index (χ1n) is 7.32. The van der Waals surface area contributed by atoms with Crippen molar-refractivity contribution in [3.8, 4) is 0 Å². The average Bonchev–Trinajstić information content (AvgIpc) is 2.39. The summed E-state index contributed by atoms with van der Waals surface area (Å²) in [5, 5.41) is 4.20. The lowest BCUT2D eigenvalue weighted by atomic mass is 9.83. The molecular formula is C16H25ClN2. The van der Waals surface area contributed by atoms with Gasteiger partial charge in [0, 0.05) is 11.1 Å². The molecule has 1 fully saturated rings. The van der Waals surface area contributed by atoms with Crippen molar-refractivity contribution >= 4 is 11.6 Å². The molecule has 3 heteroatoms. The first-order valence-corrected chi connectivity index (χ1v) is 7.69. The van der Waals surface area contributed by atoms with Crippen molar-refractivity contribution in [2.75, 3.05) is 26.7 Å². The van der Waals surface area contributed by atoms with Crippen molar-refractivity contribution < 1.29 is 0 Å². The van der Waals surface area contributed by atoms with Gasteiger partial charge in [0.1, 0.15) is 0 Å². The number of benzene rings is 1. The largest absolute Gasteiger partial charge is 0.319 e. The Labute approximate surface area is 122 Å². The van der Waals surface area contributed by atoms with Crippen molar-refractivity contribution in [2.24, 2.45) is 5.92 Å². The maximum absolute atomic E-state index is 6.10. The molecule has 0 saturated carbocycles. The Morgan fingerprint density at radius 2 is 2.21 bits per heavy atom. The molecule has 0 aliphatic carbocycles. The van der Waals surface area contributed by atoms with E-state index in [2.05, 4.69) is 43.2 Å². The maximum Gasteiger partial charge on any atom is 0.0408 e. The van der Waals surface area contributed by atoms with Gasteiger partial charge in [0.25, 0.3) is 0 Å². The van der Waals surface area contributed by atoms with E-state index in [-0.39, 0.29) is 0 Å². The Morgan fingerprint density at radius 3 is 2.84 bits per heavy atom. The molecule has 1 aromatic rings. The first kappa shape index (κ1) is 14.8. The minimum atomic E-state index is 0.531. The highest BCUT2D eigenvalue weighted by Gasteiger charge is 2.32. The van der Waals surface area contributed by atoms with Crippen LogP contribution in [0.2, 0.25) is 5.02 Å². The first-order chi connectivity index (χ1) is 9.17. The van der Waals surface area contributed by atoms with E-state index in [0.29, 0.717) is 12.0 Å². The van der Waals surface area contributed by atoms with Crippen LogP contribution >= 0.6 is 11.6 Å². The van der Waals surface area contributed by atoms with Crippen LogP contribution in [-0.2, 0) is 0 Å². The second-order valence-electron chi connectivity index (χ2n) is 5.53. The average molecular weight is 281 g/mol. The zero-order chi connectivity index (χ0) is 13.8. The number of halogens is 1. The van der Waals surface area contributed by atoms with Gasteiger partial charge in [0.2, 0.25) is 0 Å². The topological polar surface area (TPSA) is 15.3 Å². The van der Waals surface area contributed by atoms with E-state index < -0.39 is 0 Å². The quantitative estimate of drug-likeness (QED) is 0.906. The third kappa shape index (κ3) is 3.31. The molecule has 1 heterocycles. The highest BCUT2D eigenvalue weighted by Crippen LogP contribution is 2.37. The Hall–Kier alpha value is -0.570. The molecule has 0 bridgehead atoms. The molecule has 1 saturated heterocycles. The number of hydrogen-bond donors (Lipinski definition) is 1. The molecule has 1 aliphatic rings. The molecule has 2 unspecified atom stereocenters. The normalized spacial score (nSPS) is 24.6. The Bertz CT molecular complexity index is 417. The molecule has 2 rings (SSSR count). The lowest BCUT2D eigenvalue weighted by molar-refractivity contribution is 0.0977. The van der Waals surface area contributed by atoms with Crippen LogP contribution in [0, 0.1) is 12.8 Å². The van der Waals surface area contributed by atoms with Gasteiger partial charge < -0.3 is 5.32 Å². The summed E-state index contributed by atoms with van der Waals surface area (Å²) >= 11 is 6.10. The smallest absolute Gasteiger partial charge is 0.0408 e.